The molecule has 0 aliphatic carbocycles. The number of carboxylic acid groups (broad SMARTS) is 1. The maximum atomic E-state index is 12.5. The first-order chi connectivity index (χ1) is 21.1. The van der Waals surface area contributed by atoms with Crippen LogP contribution in [0.5, 0.6) is 0 Å². The second-order valence-electron chi connectivity index (χ2n) is 12.0. The van der Waals surface area contributed by atoms with Gasteiger partial charge in [-0.15, -0.1) is 0 Å². The number of esters is 1. The van der Waals surface area contributed by atoms with E-state index in [-0.39, 0.29) is 18.5 Å². The third-order valence-corrected chi connectivity index (χ3v) is 7.77. The van der Waals surface area contributed by atoms with Gasteiger partial charge in [0, 0.05) is 12.8 Å². The molecule has 43 heavy (non-hydrogen) atoms. The molecule has 0 saturated carbocycles. The summed E-state index contributed by atoms with van der Waals surface area (Å²) in [5.41, 5.74) is 0. The van der Waals surface area contributed by atoms with Crippen molar-refractivity contribution in [2.75, 3.05) is 0 Å². The van der Waals surface area contributed by atoms with Crippen LogP contribution in [0.25, 0.3) is 0 Å². The van der Waals surface area contributed by atoms with E-state index in [1.807, 2.05) is 6.08 Å². The SMILES string of the molecule is CC/C=C\C/C=C\C/C=C\C(CCCCCCC(=O)O)OC(=O)CCCCCCCCC/C=C\CCCCCCCCC. The molecule has 0 aromatic heterocycles. The summed E-state index contributed by atoms with van der Waals surface area (Å²) in [5.74, 6) is -0.825. The number of carbonyl (C=O) groups excluding carboxylic acids is 1. The molecular formula is C39H68O4. The third-order valence-electron chi connectivity index (χ3n) is 7.77. The zero-order chi connectivity index (χ0) is 31.5. The molecule has 0 aromatic carbocycles. The minimum absolute atomic E-state index is 0.0935. The van der Waals surface area contributed by atoms with E-state index in [0.717, 1.165) is 57.8 Å². The highest BCUT2D eigenvalue weighted by Crippen LogP contribution is 2.15. The first-order valence-corrected chi connectivity index (χ1v) is 18.1. The lowest BCUT2D eigenvalue weighted by atomic mass is 10.1. The molecule has 0 radical (unpaired) electrons. The Morgan fingerprint density at radius 1 is 0.558 bits per heavy atom. The van der Waals surface area contributed by atoms with Crippen molar-refractivity contribution in [2.24, 2.45) is 0 Å². The van der Waals surface area contributed by atoms with E-state index in [9.17, 15) is 9.59 Å². The first-order valence-electron chi connectivity index (χ1n) is 18.1. The zero-order valence-corrected chi connectivity index (χ0v) is 28.3. The average molecular weight is 601 g/mol. The van der Waals surface area contributed by atoms with Gasteiger partial charge in [0.1, 0.15) is 6.10 Å². The van der Waals surface area contributed by atoms with E-state index in [1.165, 1.54) is 89.9 Å². The van der Waals surface area contributed by atoms with Gasteiger partial charge in [0.05, 0.1) is 0 Å². The van der Waals surface area contributed by atoms with Gasteiger partial charge in [0.2, 0.25) is 0 Å². The monoisotopic (exact) mass is 601 g/mol. The number of carboxylic acids is 1. The van der Waals surface area contributed by atoms with Crippen molar-refractivity contribution in [2.45, 2.75) is 187 Å². The summed E-state index contributed by atoms with van der Waals surface area (Å²) in [5, 5.41) is 8.80. The van der Waals surface area contributed by atoms with E-state index < -0.39 is 5.97 Å². The Labute approximate surface area is 266 Å². The fraction of sp³-hybridized carbons (Fsp3) is 0.744. The summed E-state index contributed by atoms with van der Waals surface area (Å²) < 4.78 is 5.83. The summed E-state index contributed by atoms with van der Waals surface area (Å²) >= 11 is 0. The molecule has 1 unspecified atom stereocenters. The minimum Gasteiger partial charge on any atom is -0.481 e. The lowest BCUT2D eigenvalue weighted by Gasteiger charge is -2.14. The number of hydrogen-bond acceptors (Lipinski definition) is 3. The lowest BCUT2D eigenvalue weighted by Crippen LogP contribution is -2.16. The van der Waals surface area contributed by atoms with Crippen molar-refractivity contribution in [1.82, 2.24) is 0 Å². The number of ether oxygens (including phenoxy) is 1. The molecular weight excluding hydrogens is 532 g/mol. The van der Waals surface area contributed by atoms with Gasteiger partial charge in [-0.3, -0.25) is 9.59 Å². The van der Waals surface area contributed by atoms with Crippen LogP contribution in [-0.2, 0) is 14.3 Å². The number of allylic oxidation sites excluding steroid dienone is 7. The van der Waals surface area contributed by atoms with E-state index in [0.29, 0.717) is 12.8 Å². The number of rotatable bonds is 32. The fourth-order valence-corrected chi connectivity index (χ4v) is 5.11. The van der Waals surface area contributed by atoms with Crippen molar-refractivity contribution in [1.29, 1.82) is 0 Å². The molecule has 0 aromatic rings. The number of unbranched alkanes of at least 4 members (excludes halogenated alkanes) is 17. The Morgan fingerprint density at radius 2 is 1.05 bits per heavy atom. The van der Waals surface area contributed by atoms with E-state index in [4.69, 9.17) is 9.84 Å². The maximum Gasteiger partial charge on any atom is 0.306 e. The van der Waals surface area contributed by atoms with Crippen molar-refractivity contribution >= 4 is 11.9 Å². The number of aliphatic carboxylic acids is 1. The van der Waals surface area contributed by atoms with Crippen LogP contribution in [0, 0.1) is 0 Å². The quantitative estimate of drug-likeness (QED) is 0.0474. The Bertz CT molecular complexity index is 734. The molecule has 0 bridgehead atoms. The van der Waals surface area contributed by atoms with Crippen LogP contribution in [0.1, 0.15) is 181 Å². The lowest BCUT2D eigenvalue weighted by molar-refractivity contribution is -0.147. The van der Waals surface area contributed by atoms with Crippen LogP contribution in [0.15, 0.2) is 48.6 Å². The van der Waals surface area contributed by atoms with Crippen LogP contribution in [-0.4, -0.2) is 23.1 Å². The summed E-state index contributed by atoms with van der Waals surface area (Å²) in [4.78, 5) is 23.2. The molecule has 0 heterocycles. The van der Waals surface area contributed by atoms with Crippen molar-refractivity contribution in [3.05, 3.63) is 48.6 Å². The Morgan fingerprint density at radius 3 is 1.63 bits per heavy atom. The molecule has 1 atom stereocenters. The van der Waals surface area contributed by atoms with Gasteiger partial charge in [-0.2, -0.15) is 0 Å². The fourth-order valence-electron chi connectivity index (χ4n) is 5.11. The van der Waals surface area contributed by atoms with Crippen LogP contribution in [0.3, 0.4) is 0 Å². The van der Waals surface area contributed by atoms with Gasteiger partial charge >= 0.3 is 11.9 Å². The van der Waals surface area contributed by atoms with Crippen molar-refractivity contribution in [3.63, 3.8) is 0 Å². The molecule has 0 fully saturated rings. The first kappa shape index (κ1) is 40.9. The van der Waals surface area contributed by atoms with Crippen LogP contribution >= 0.6 is 0 Å². The zero-order valence-electron chi connectivity index (χ0n) is 28.3. The highest BCUT2D eigenvalue weighted by atomic mass is 16.5. The Kier molecular flexibility index (Phi) is 32.7. The number of carbonyl (C=O) groups is 2. The van der Waals surface area contributed by atoms with Gasteiger partial charge < -0.3 is 9.84 Å². The maximum absolute atomic E-state index is 12.5. The summed E-state index contributed by atoms with van der Waals surface area (Å²) in [6, 6.07) is 0. The van der Waals surface area contributed by atoms with Gasteiger partial charge in [0.25, 0.3) is 0 Å². The topological polar surface area (TPSA) is 63.6 Å². The third kappa shape index (κ3) is 34.3. The average Bonchev–Trinajstić information content (AvgIpc) is 2.99. The summed E-state index contributed by atoms with van der Waals surface area (Å²) in [6.07, 6.45) is 45.7. The molecule has 0 amide bonds. The highest BCUT2D eigenvalue weighted by Gasteiger charge is 2.11. The minimum atomic E-state index is -0.731. The predicted molar refractivity (Wildman–Crippen MR) is 185 cm³/mol. The van der Waals surface area contributed by atoms with E-state index >= 15 is 0 Å². The Balaban J connectivity index is 3.99. The van der Waals surface area contributed by atoms with Gasteiger partial charge in [-0.25, -0.2) is 0 Å². The Hall–Kier alpha value is -2.10. The predicted octanol–water partition coefficient (Wildman–Crippen LogP) is 12.4. The molecule has 0 rings (SSSR count). The van der Waals surface area contributed by atoms with Gasteiger partial charge in [-0.1, -0.05) is 140 Å². The molecule has 0 spiro atoms. The molecule has 248 valence electrons. The molecule has 0 saturated heterocycles. The summed E-state index contributed by atoms with van der Waals surface area (Å²) in [6.45, 7) is 4.41. The van der Waals surface area contributed by atoms with Crippen LogP contribution < -0.4 is 0 Å². The molecule has 1 N–H and O–H groups in total. The smallest absolute Gasteiger partial charge is 0.306 e. The molecule has 4 nitrogen and oxygen atoms in total. The van der Waals surface area contributed by atoms with Crippen LogP contribution in [0.4, 0.5) is 0 Å². The largest absolute Gasteiger partial charge is 0.481 e. The number of hydrogen-bond donors (Lipinski definition) is 1. The van der Waals surface area contributed by atoms with Crippen LogP contribution in [0.2, 0.25) is 0 Å². The van der Waals surface area contributed by atoms with Gasteiger partial charge in [0.15, 0.2) is 0 Å². The summed E-state index contributed by atoms with van der Waals surface area (Å²) in [7, 11) is 0. The van der Waals surface area contributed by atoms with Crippen molar-refractivity contribution < 1.29 is 19.4 Å². The molecule has 0 aliphatic rings. The standard InChI is InChI=1S/C39H68O4/c1-3-5-7-9-11-13-14-15-16-17-18-19-20-21-22-24-26-32-36-39(42)43-37(34-30-27-28-31-35-38(40)41)33-29-25-23-12-10-8-6-4-2/h6,8,12,16-17,23,29,33,37H,3-5,7,9-11,13-15,18-22,24-28,30-32,34-36H2,1-2H3,(H,40,41)/b8-6-,17-16-,23-12-,33-29-. The highest BCUT2D eigenvalue weighted by molar-refractivity contribution is 5.69. The second-order valence-corrected chi connectivity index (χ2v) is 12.0. The van der Waals surface area contributed by atoms with Crippen molar-refractivity contribution in [3.8, 4) is 0 Å². The second kappa shape index (κ2) is 34.4. The van der Waals surface area contributed by atoms with E-state index in [1.54, 1.807) is 0 Å². The van der Waals surface area contributed by atoms with Gasteiger partial charge in [-0.05, 0) is 76.7 Å². The molecule has 4 heteroatoms. The normalized spacial score (nSPS) is 12.8. The molecule has 0 aliphatic heterocycles. The van der Waals surface area contributed by atoms with E-state index in [2.05, 4.69) is 56.4 Å².